The summed E-state index contributed by atoms with van der Waals surface area (Å²) >= 11 is 1.62. The highest BCUT2D eigenvalue weighted by molar-refractivity contribution is 7.21. The van der Waals surface area contributed by atoms with Crippen LogP contribution in [0.3, 0.4) is 0 Å². The van der Waals surface area contributed by atoms with E-state index in [0.29, 0.717) is 15.4 Å². The van der Waals surface area contributed by atoms with Gasteiger partial charge in [-0.05, 0) is 5.38 Å². The van der Waals surface area contributed by atoms with Gasteiger partial charge in [0.05, 0.1) is 0 Å². The monoisotopic (exact) mass is 166 g/mol. The lowest BCUT2D eigenvalue weighted by molar-refractivity contribution is 0.334. The minimum atomic E-state index is -0.219. The van der Waals surface area contributed by atoms with Crippen LogP contribution in [0.5, 0.6) is 0 Å². The number of hydrogen-bond donors (Lipinski definition) is 0. The zero-order valence-corrected chi connectivity index (χ0v) is 6.67. The first-order valence-electron chi connectivity index (χ1n) is 3.31. The summed E-state index contributed by atoms with van der Waals surface area (Å²) in [4.78, 5) is 0. The summed E-state index contributed by atoms with van der Waals surface area (Å²) < 4.78 is 16.3. The van der Waals surface area contributed by atoms with Gasteiger partial charge >= 0.3 is 22.5 Å². The summed E-state index contributed by atoms with van der Waals surface area (Å²) in [5, 5.41) is 2.00. The van der Waals surface area contributed by atoms with Crippen LogP contribution in [-0.4, -0.2) is 22.5 Å². The lowest BCUT2D eigenvalue weighted by atomic mass is 9.83. The summed E-state index contributed by atoms with van der Waals surface area (Å²) in [5.74, 6) is 0. The van der Waals surface area contributed by atoms with Crippen LogP contribution in [0.1, 0.15) is 0 Å². The van der Waals surface area contributed by atoms with Gasteiger partial charge in [-0.15, -0.1) is 0 Å². The molecule has 0 saturated carbocycles. The highest BCUT2D eigenvalue weighted by Gasteiger charge is 2.26. The van der Waals surface area contributed by atoms with Crippen molar-refractivity contribution in [3.05, 3.63) is 17.5 Å². The molecular formula is C4H5B3O3S. The molecule has 0 atom stereocenters. The van der Waals surface area contributed by atoms with Gasteiger partial charge in [-0.1, -0.05) is 12.1 Å². The smallest absolute Gasteiger partial charge is 0.458 e. The molecule has 1 aliphatic rings. The van der Waals surface area contributed by atoms with Gasteiger partial charge in [0.25, 0.3) is 0 Å². The van der Waals surface area contributed by atoms with Gasteiger partial charge < -0.3 is 13.7 Å². The number of hydrogen-bond acceptors (Lipinski definition) is 4. The molecule has 1 aromatic rings. The van der Waals surface area contributed by atoms with Gasteiger partial charge in [-0.2, -0.15) is 11.3 Å². The normalized spacial score (nSPS) is 17.3. The average Bonchev–Trinajstić information content (AvgIpc) is 2.58. The van der Waals surface area contributed by atoms with Crippen LogP contribution in [0.15, 0.2) is 17.5 Å². The molecule has 0 aromatic carbocycles. The molecule has 1 saturated heterocycles. The molecule has 0 N–H and O–H groups in total. The summed E-state index contributed by atoms with van der Waals surface area (Å²) in [7, 11) is 0.425. The molecule has 0 unspecified atom stereocenters. The van der Waals surface area contributed by atoms with Crippen molar-refractivity contribution >= 4 is 38.6 Å². The van der Waals surface area contributed by atoms with E-state index in [0.717, 1.165) is 4.78 Å². The van der Waals surface area contributed by atoms with E-state index >= 15 is 0 Å². The molecule has 0 amide bonds. The fourth-order valence-electron chi connectivity index (χ4n) is 0.892. The Morgan fingerprint density at radius 2 is 2.18 bits per heavy atom. The molecule has 0 spiro atoms. The largest absolute Gasteiger partial charge is 0.476 e. The molecule has 0 aliphatic carbocycles. The number of thiophene rings is 1. The molecule has 0 radical (unpaired) electrons. The number of rotatable bonds is 1. The van der Waals surface area contributed by atoms with Crippen LogP contribution in [-0.2, 0) is 13.7 Å². The molecular weight excluding hydrogens is 161 g/mol. The van der Waals surface area contributed by atoms with Crippen molar-refractivity contribution in [3.8, 4) is 0 Å². The van der Waals surface area contributed by atoms with Crippen molar-refractivity contribution in [3.63, 3.8) is 0 Å². The average molecular weight is 166 g/mol. The second-order valence-electron chi connectivity index (χ2n) is 2.12. The van der Waals surface area contributed by atoms with Crippen molar-refractivity contribution in [2.75, 3.05) is 0 Å². The molecule has 2 heterocycles. The Morgan fingerprint density at radius 3 is 2.82 bits per heavy atom. The fraction of sp³-hybridized carbons (Fsp3) is 0. The first-order valence-corrected chi connectivity index (χ1v) is 4.19. The van der Waals surface area contributed by atoms with E-state index in [1.807, 2.05) is 17.5 Å². The van der Waals surface area contributed by atoms with Gasteiger partial charge in [0.1, 0.15) is 0 Å². The Kier molecular flexibility index (Phi) is 2.33. The van der Waals surface area contributed by atoms with E-state index < -0.39 is 0 Å². The molecule has 0 bridgehead atoms. The molecule has 54 valence electrons. The maximum absolute atomic E-state index is 5.19. The highest BCUT2D eigenvalue weighted by atomic mass is 32.1. The van der Waals surface area contributed by atoms with Crippen LogP contribution in [0.2, 0.25) is 0 Å². The fourth-order valence-corrected chi connectivity index (χ4v) is 1.61. The van der Waals surface area contributed by atoms with Crippen molar-refractivity contribution in [1.29, 1.82) is 0 Å². The van der Waals surface area contributed by atoms with E-state index in [1.54, 1.807) is 11.3 Å². The van der Waals surface area contributed by atoms with Crippen LogP contribution in [0.4, 0.5) is 0 Å². The molecule has 2 rings (SSSR count). The molecule has 1 aliphatic heterocycles. The maximum atomic E-state index is 5.19. The van der Waals surface area contributed by atoms with Crippen LogP contribution in [0, 0.1) is 0 Å². The predicted octanol–water partition coefficient (Wildman–Crippen LogP) is -0.960. The van der Waals surface area contributed by atoms with E-state index in [2.05, 4.69) is 0 Å². The SMILES string of the molecule is B1OBOB(c2cccs2)O1. The summed E-state index contributed by atoms with van der Waals surface area (Å²) in [6, 6.07) is 3.96. The van der Waals surface area contributed by atoms with E-state index in [9.17, 15) is 0 Å². The third kappa shape index (κ3) is 1.68. The van der Waals surface area contributed by atoms with Gasteiger partial charge in [0, 0.05) is 4.78 Å². The standard InChI is InChI=1S/C4H5B3O3S/c1-2-4(11-3-1)7-9-5-8-6-10-7/h1-3,5-6H. The van der Waals surface area contributed by atoms with Gasteiger partial charge in [-0.3, -0.25) is 0 Å². The van der Waals surface area contributed by atoms with E-state index in [4.69, 9.17) is 13.7 Å². The summed E-state index contributed by atoms with van der Waals surface area (Å²) in [5.41, 5.74) is 0. The molecule has 1 aromatic heterocycles. The maximum Gasteiger partial charge on any atom is 0.476 e. The predicted molar refractivity (Wildman–Crippen MR) is 47.3 cm³/mol. The van der Waals surface area contributed by atoms with Crippen molar-refractivity contribution in [1.82, 2.24) is 0 Å². The van der Waals surface area contributed by atoms with E-state index in [1.165, 1.54) is 0 Å². The minimum absolute atomic E-state index is 0.219. The zero-order valence-electron chi connectivity index (χ0n) is 5.86. The van der Waals surface area contributed by atoms with Crippen molar-refractivity contribution < 1.29 is 13.7 Å². The first-order chi connectivity index (χ1) is 5.47. The van der Waals surface area contributed by atoms with E-state index in [-0.39, 0.29) is 7.12 Å². The zero-order chi connectivity index (χ0) is 7.52. The van der Waals surface area contributed by atoms with Crippen LogP contribution < -0.4 is 4.78 Å². The second-order valence-corrected chi connectivity index (χ2v) is 3.10. The third-order valence-corrected chi connectivity index (χ3v) is 2.27. The van der Waals surface area contributed by atoms with Gasteiger partial charge in [-0.25, -0.2) is 0 Å². The second kappa shape index (κ2) is 3.45. The molecule has 1 fully saturated rings. The van der Waals surface area contributed by atoms with Gasteiger partial charge in [0.15, 0.2) is 0 Å². The minimum Gasteiger partial charge on any atom is -0.458 e. The molecule has 7 heteroatoms. The Hall–Kier alpha value is -0.225. The van der Waals surface area contributed by atoms with Crippen molar-refractivity contribution in [2.45, 2.75) is 0 Å². The molecule has 3 nitrogen and oxygen atoms in total. The van der Waals surface area contributed by atoms with Crippen LogP contribution in [0.25, 0.3) is 0 Å². The molecule has 11 heavy (non-hydrogen) atoms. The Balaban J connectivity index is 2.04. The first kappa shape index (κ1) is 7.43. The quantitative estimate of drug-likeness (QED) is 0.502. The topological polar surface area (TPSA) is 27.7 Å². The van der Waals surface area contributed by atoms with Crippen molar-refractivity contribution in [2.24, 2.45) is 0 Å². The lowest BCUT2D eigenvalue weighted by Crippen LogP contribution is -2.42. The van der Waals surface area contributed by atoms with Gasteiger partial charge in [0.2, 0.25) is 0 Å². The lowest BCUT2D eigenvalue weighted by Gasteiger charge is -2.17. The Morgan fingerprint density at radius 1 is 1.36 bits per heavy atom. The summed E-state index contributed by atoms with van der Waals surface area (Å²) in [6.45, 7) is 0. The van der Waals surface area contributed by atoms with Crippen LogP contribution >= 0.6 is 11.3 Å². The summed E-state index contributed by atoms with van der Waals surface area (Å²) in [6.07, 6.45) is 0. The third-order valence-electron chi connectivity index (χ3n) is 1.38. The Bertz CT molecular complexity index is 210. The Labute approximate surface area is 70.4 Å². The highest BCUT2D eigenvalue weighted by Crippen LogP contribution is 2.01.